The molecule has 0 amide bonds. The quantitative estimate of drug-likeness (QED) is 0.809. The summed E-state index contributed by atoms with van der Waals surface area (Å²) < 4.78 is 11.5. The van der Waals surface area contributed by atoms with E-state index in [0.29, 0.717) is 18.4 Å². The van der Waals surface area contributed by atoms with Gasteiger partial charge in [0, 0.05) is 6.61 Å². The van der Waals surface area contributed by atoms with Crippen LogP contribution in [0.3, 0.4) is 0 Å². The molecule has 20 heavy (non-hydrogen) atoms. The van der Waals surface area contributed by atoms with Crippen molar-refractivity contribution >= 4 is 0 Å². The number of hydrogen-bond acceptors (Lipinski definition) is 3. The van der Waals surface area contributed by atoms with Crippen LogP contribution in [0.4, 0.5) is 0 Å². The third kappa shape index (κ3) is 4.80. The summed E-state index contributed by atoms with van der Waals surface area (Å²) in [6.07, 6.45) is 4.34. The van der Waals surface area contributed by atoms with Gasteiger partial charge >= 0.3 is 0 Å². The van der Waals surface area contributed by atoms with E-state index in [1.165, 1.54) is 5.56 Å². The first-order valence-corrected chi connectivity index (χ1v) is 7.63. The van der Waals surface area contributed by atoms with E-state index in [9.17, 15) is 0 Å². The summed E-state index contributed by atoms with van der Waals surface area (Å²) in [5.41, 5.74) is 1.23. The Bertz CT molecular complexity index is 380. The third-order valence-corrected chi connectivity index (χ3v) is 4.11. The van der Waals surface area contributed by atoms with Crippen LogP contribution < -0.4 is 4.74 Å². The van der Waals surface area contributed by atoms with Crippen LogP contribution in [0.15, 0.2) is 24.3 Å². The number of aliphatic hydroxyl groups is 1. The molecule has 0 radical (unpaired) electrons. The zero-order valence-electron chi connectivity index (χ0n) is 12.5. The van der Waals surface area contributed by atoms with Gasteiger partial charge < -0.3 is 14.6 Å². The van der Waals surface area contributed by atoms with E-state index in [-0.39, 0.29) is 6.29 Å². The predicted octanol–water partition coefficient (Wildman–Crippen LogP) is 3.54. The summed E-state index contributed by atoms with van der Waals surface area (Å²) in [7, 11) is 0. The normalized spacial score (nSPS) is 24.4. The van der Waals surface area contributed by atoms with Crippen LogP contribution in [-0.4, -0.2) is 24.6 Å². The van der Waals surface area contributed by atoms with E-state index in [1.54, 1.807) is 0 Å². The highest BCUT2D eigenvalue weighted by Crippen LogP contribution is 2.28. The van der Waals surface area contributed by atoms with Crippen LogP contribution in [0, 0.1) is 18.8 Å². The molecule has 1 fully saturated rings. The van der Waals surface area contributed by atoms with Crippen molar-refractivity contribution < 1.29 is 14.6 Å². The molecule has 1 N–H and O–H groups in total. The molecule has 1 aromatic rings. The van der Waals surface area contributed by atoms with Crippen molar-refractivity contribution in [2.75, 3.05) is 13.2 Å². The van der Waals surface area contributed by atoms with Gasteiger partial charge in [-0.15, -0.1) is 0 Å². The third-order valence-electron chi connectivity index (χ3n) is 4.11. The molecular weight excluding hydrogens is 252 g/mol. The van der Waals surface area contributed by atoms with E-state index in [1.807, 2.05) is 31.2 Å². The van der Waals surface area contributed by atoms with Gasteiger partial charge in [0.1, 0.15) is 5.75 Å². The lowest BCUT2D eigenvalue weighted by atomic mass is 9.83. The maximum atomic E-state index is 9.13. The lowest BCUT2D eigenvalue weighted by molar-refractivity contribution is -0.0837. The van der Waals surface area contributed by atoms with Crippen LogP contribution in [0.1, 0.15) is 38.2 Å². The summed E-state index contributed by atoms with van der Waals surface area (Å²) in [6, 6.07) is 8.03. The average Bonchev–Trinajstić information content (AvgIpc) is 2.48. The topological polar surface area (TPSA) is 38.7 Å². The Morgan fingerprint density at radius 2 is 1.70 bits per heavy atom. The van der Waals surface area contributed by atoms with Crippen molar-refractivity contribution in [2.24, 2.45) is 11.8 Å². The van der Waals surface area contributed by atoms with Crippen LogP contribution in [0.2, 0.25) is 0 Å². The van der Waals surface area contributed by atoms with Crippen molar-refractivity contribution in [1.29, 1.82) is 0 Å². The number of hydrogen-bond donors (Lipinski definition) is 1. The maximum Gasteiger partial charge on any atom is 0.196 e. The summed E-state index contributed by atoms with van der Waals surface area (Å²) in [5, 5.41) is 9.13. The second kappa shape index (κ2) is 7.65. The van der Waals surface area contributed by atoms with Crippen molar-refractivity contribution in [3.8, 4) is 5.75 Å². The number of benzene rings is 1. The van der Waals surface area contributed by atoms with Gasteiger partial charge in [-0.05, 0) is 63.5 Å². The smallest absolute Gasteiger partial charge is 0.196 e. The van der Waals surface area contributed by atoms with E-state index >= 15 is 0 Å². The molecule has 0 aromatic heterocycles. The fourth-order valence-electron chi connectivity index (χ4n) is 2.69. The molecule has 3 heteroatoms. The molecular formula is C17H26O3. The first-order valence-electron chi connectivity index (χ1n) is 7.63. The second-order valence-electron chi connectivity index (χ2n) is 5.90. The van der Waals surface area contributed by atoms with E-state index < -0.39 is 0 Å². The average molecular weight is 278 g/mol. The lowest BCUT2D eigenvalue weighted by Gasteiger charge is -2.28. The minimum absolute atomic E-state index is 0.215. The summed E-state index contributed by atoms with van der Waals surface area (Å²) in [6.45, 7) is 5.09. The molecule has 1 aliphatic rings. The van der Waals surface area contributed by atoms with Gasteiger partial charge in [-0.1, -0.05) is 17.7 Å². The number of ether oxygens (including phenoxy) is 2. The zero-order chi connectivity index (χ0) is 14.4. The molecule has 3 nitrogen and oxygen atoms in total. The van der Waals surface area contributed by atoms with Gasteiger partial charge in [0.15, 0.2) is 6.29 Å². The maximum absolute atomic E-state index is 9.13. The van der Waals surface area contributed by atoms with Crippen molar-refractivity contribution in [1.82, 2.24) is 0 Å². The Kier molecular flexibility index (Phi) is 5.86. The highest BCUT2D eigenvalue weighted by Gasteiger charge is 2.21. The molecule has 0 aliphatic heterocycles. The fourth-order valence-corrected chi connectivity index (χ4v) is 2.69. The summed E-state index contributed by atoms with van der Waals surface area (Å²) in [5.74, 6) is 1.97. The first kappa shape index (κ1) is 15.3. The Labute approximate surface area is 121 Å². The van der Waals surface area contributed by atoms with E-state index in [0.717, 1.165) is 38.0 Å². The van der Waals surface area contributed by atoms with Gasteiger partial charge in [0.2, 0.25) is 0 Å². The van der Waals surface area contributed by atoms with Gasteiger partial charge in [-0.25, -0.2) is 0 Å². The molecule has 0 heterocycles. The highest BCUT2D eigenvalue weighted by molar-refractivity contribution is 5.26. The number of aryl methyl sites for hydroxylation is 1. The first-order chi connectivity index (χ1) is 9.67. The molecule has 1 atom stereocenters. The molecule has 0 bridgehead atoms. The molecule has 1 aromatic carbocycles. The summed E-state index contributed by atoms with van der Waals surface area (Å²) >= 11 is 0. The SMILES string of the molecule is Cc1ccc(OC(C)OCC2CCC(CO)CC2)cc1. The molecule has 1 saturated carbocycles. The molecule has 112 valence electrons. The molecule has 1 aliphatic carbocycles. The minimum Gasteiger partial charge on any atom is -0.465 e. The standard InChI is InChI=1S/C17H26O3/c1-13-3-9-17(10-4-13)20-14(2)19-12-16-7-5-15(11-18)6-8-16/h3-4,9-10,14-16,18H,5-8,11-12H2,1-2H3. The lowest BCUT2D eigenvalue weighted by Crippen LogP contribution is -2.24. The molecule has 1 unspecified atom stereocenters. The van der Waals surface area contributed by atoms with E-state index in [4.69, 9.17) is 14.6 Å². The Morgan fingerprint density at radius 3 is 2.30 bits per heavy atom. The van der Waals surface area contributed by atoms with Crippen LogP contribution in [0.25, 0.3) is 0 Å². The number of aliphatic hydroxyl groups excluding tert-OH is 1. The number of rotatable bonds is 6. The fraction of sp³-hybridized carbons (Fsp3) is 0.647. The van der Waals surface area contributed by atoms with Crippen LogP contribution >= 0.6 is 0 Å². The molecule has 2 rings (SSSR count). The van der Waals surface area contributed by atoms with Crippen LogP contribution in [-0.2, 0) is 4.74 Å². The van der Waals surface area contributed by atoms with Gasteiger partial charge in [0.25, 0.3) is 0 Å². The predicted molar refractivity (Wildman–Crippen MR) is 79.8 cm³/mol. The van der Waals surface area contributed by atoms with Crippen molar-refractivity contribution in [3.63, 3.8) is 0 Å². The second-order valence-corrected chi connectivity index (χ2v) is 5.90. The van der Waals surface area contributed by atoms with Crippen LogP contribution in [0.5, 0.6) is 5.75 Å². The molecule has 0 saturated heterocycles. The molecule has 0 spiro atoms. The Balaban J connectivity index is 1.67. The van der Waals surface area contributed by atoms with Crippen molar-refractivity contribution in [2.45, 2.75) is 45.8 Å². The Hall–Kier alpha value is -1.06. The van der Waals surface area contributed by atoms with Gasteiger partial charge in [-0.2, -0.15) is 0 Å². The van der Waals surface area contributed by atoms with E-state index in [2.05, 4.69) is 6.92 Å². The monoisotopic (exact) mass is 278 g/mol. The zero-order valence-corrected chi connectivity index (χ0v) is 12.5. The minimum atomic E-state index is -0.215. The Morgan fingerprint density at radius 1 is 1.10 bits per heavy atom. The van der Waals surface area contributed by atoms with Crippen molar-refractivity contribution in [3.05, 3.63) is 29.8 Å². The van der Waals surface area contributed by atoms with Gasteiger partial charge in [0.05, 0.1) is 6.61 Å². The highest BCUT2D eigenvalue weighted by atomic mass is 16.7. The van der Waals surface area contributed by atoms with Gasteiger partial charge in [-0.3, -0.25) is 0 Å². The summed E-state index contributed by atoms with van der Waals surface area (Å²) in [4.78, 5) is 0. The largest absolute Gasteiger partial charge is 0.465 e.